The molecule has 1 amide bonds. The molecule has 4 nitrogen and oxygen atoms in total. The van der Waals surface area contributed by atoms with Crippen LogP contribution in [0.25, 0.3) is 22.6 Å². The number of amides is 1. The second-order valence-corrected chi connectivity index (χ2v) is 7.48. The Kier molecular flexibility index (Phi) is 4.93. The van der Waals surface area contributed by atoms with E-state index in [-0.39, 0.29) is 5.91 Å². The summed E-state index contributed by atoms with van der Waals surface area (Å²) in [6.45, 7) is 8.06. The standard InChI is InChI=1S/C25H24N2O2/c1-5-18-8-11-23-22(13-18)27-25(29-23)19-9-7-16(3)21(14-19)26-24(28)20-10-6-15(2)12-17(20)4/h6-14H,5H2,1-4H3,(H,26,28). The minimum Gasteiger partial charge on any atom is -0.436 e. The van der Waals surface area contributed by atoms with Gasteiger partial charge in [0.2, 0.25) is 5.89 Å². The van der Waals surface area contributed by atoms with Crippen LogP contribution in [-0.4, -0.2) is 10.9 Å². The summed E-state index contributed by atoms with van der Waals surface area (Å²) in [5, 5.41) is 3.04. The summed E-state index contributed by atoms with van der Waals surface area (Å²) < 4.78 is 5.95. The van der Waals surface area contributed by atoms with Gasteiger partial charge in [-0.3, -0.25) is 4.79 Å². The first-order chi connectivity index (χ1) is 13.9. The van der Waals surface area contributed by atoms with Crippen LogP contribution in [0.1, 0.15) is 39.5 Å². The van der Waals surface area contributed by atoms with Crippen molar-refractivity contribution in [2.24, 2.45) is 0 Å². The third kappa shape index (κ3) is 3.79. The molecule has 0 unspecified atom stereocenters. The molecule has 0 saturated heterocycles. The molecule has 0 spiro atoms. The van der Waals surface area contributed by atoms with Gasteiger partial charge < -0.3 is 9.73 Å². The smallest absolute Gasteiger partial charge is 0.255 e. The van der Waals surface area contributed by atoms with Gasteiger partial charge in [0.15, 0.2) is 5.58 Å². The molecule has 146 valence electrons. The molecule has 0 atom stereocenters. The number of hydrogen-bond donors (Lipinski definition) is 1. The Morgan fingerprint density at radius 3 is 2.55 bits per heavy atom. The van der Waals surface area contributed by atoms with Gasteiger partial charge in [-0.1, -0.05) is 36.8 Å². The first kappa shape index (κ1) is 18.9. The molecule has 0 aliphatic carbocycles. The molecular weight excluding hydrogens is 360 g/mol. The van der Waals surface area contributed by atoms with Crippen LogP contribution in [0.4, 0.5) is 5.69 Å². The zero-order valence-electron chi connectivity index (χ0n) is 17.2. The van der Waals surface area contributed by atoms with Crippen molar-refractivity contribution in [1.29, 1.82) is 0 Å². The highest BCUT2D eigenvalue weighted by Crippen LogP contribution is 2.29. The van der Waals surface area contributed by atoms with Crippen molar-refractivity contribution in [2.75, 3.05) is 5.32 Å². The number of benzene rings is 3. The normalized spacial score (nSPS) is 11.0. The monoisotopic (exact) mass is 384 g/mol. The van der Waals surface area contributed by atoms with Gasteiger partial charge in [0, 0.05) is 16.8 Å². The summed E-state index contributed by atoms with van der Waals surface area (Å²) in [6, 6.07) is 17.8. The summed E-state index contributed by atoms with van der Waals surface area (Å²) in [5.41, 5.74) is 8.18. The van der Waals surface area contributed by atoms with Crippen LogP contribution in [-0.2, 0) is 6.42 Å². The van der Waals surface area contributed by atoms with Crippen molar-refractivity contribution in [3.63, 3.8) is 0 Å². The highest BCUT2D eigenvalue weighted by molar-refractivity contribution is 6.06. The maximum atomic E-state index is 12.8. The molecule has 4 heteroatoms. The fraction of sp³-hybridized carbons (Fsp3) is 0.200. The molecule has 1 aromatic heterocycles. The fourth-order valence-corrected chi connectivity index (χ4v) is 3.46. The predicted molar refractivity (Wildman–Crippen MR) is 117 cm³/mol. The Morgan fingerprint density at radius 1 is 0.966 bits per heavy atom. The maximum absolute atomic E-state index is 12.8. The molecule has 0 aliphatic heterocycles. The van der Waals surface area contributed by atoms with Crippen LogP contribution in [0.5, 0.6) is 0 Å². The van der Waals surface area contributed by atoms with Crippen molar-refractivity contribution in [2.45, 2.75) is 34.1 Å². The fourth-order valence-electron chi connectivity index (χ4n) is 3.46. The maximum Gasteiger partial charge on any atom is 0.255 e. The van der Waals surface area contributed by atoms with E-state index >= 15 is 0 Å². The quantitative estimate of drug-likeness (QED) is 0.453. The zero-order chi connectivity index (χ0) is 20.5. The third-order valence-corrected chi connectivity index (χ3v) is 5.22. The lowest BCUT2D eigenvalue weighted by atomic mass is 10.0. The number of fused-ring (bicyclic) bond motifs is 1. The number of carbonyl (C=O) groups is 1. The van der Waals surface area contributed by atoms with Gasteiger partial charge in [-0.2, -0.15) is 0 Å². The van der Waals surface area contributed by atoms with Gasteiger partial charge in [-0.05, 0) is 74.2 Å². The van der Waals surface area contributed by atoms with Gasteiger partial charge in [-0.25, -0.2) is 4.98 Å². The average Bonchev–Trinajstić information content (AvgIpc) is 3.12. The molecule has 3 aromatic carbocycles. The van der Waals surface area contributed by atoms with Crippen LogP contribution < -0.4 is 5.32 Å². The minimum atomic E-state index is -0.118. The number of anilines is 1. The lowest BCUT2D eigenvalue weighted by molar-refractivity contribution is 0.102. The first-order valence-corrected chi connectivity index (χ1v) is 9.83. The molecule has 0 bridgehead atoms. The van der Waals surface area contributed by atoms with E-state index in [1.165, 1.54) is 5.56 Å². The van der Waals surface area contributed by atoms with Crippen molar-refractivity contribution in [1.82, 2.24) is 4.98 Å². The Morgan fingerprint density at radius 2 is 1.79 bits per heavy atom. The largest absolute Gasteiger partial charge is 0.436 e. The molecule has 0 fully saturated rings. The number of hydrogen-bond acceptors (Lipinski definition) is 3. The van der Waals surface area contributed by atoms with Crippen LogP contribution in [0.15, 0.2) is 59.0 Å². The highest BCUT2D eigenvalue weighted by Gasteiger charge is 2.14. The second kappa shape index (κ2) is 7.55. The molecule has 1 heterocycles. The number of aromatic nitrogens is 1. The van der Waals surface area contributed by atoms with Crippen LogP contribution in [0, 0.1) is 20.8 Å². The van der Waals surface area contributed by atoms with Crippen LogP contribution in [0.3, 0.4) is 0 Å². The summed E-state index contributed by atoms with van der Waals surface area (Å²) >= 11 is 0. The highest BCUT2D eigenvalue weighted by atomic mass is 16.3. The molecular formula is C25H24N2O2. The number of aryl methyl sites for hydroxylation is 4. The van der Waals surface area contributed by atoms with E-state index in [4.69, 9.17) is 4.42 Å². The van der Waals surface area contributed by atoms with Crippen molar-refractivity contribution >= 4 is 22.7 Å². The molecule has 1 N–H and O–H groups in total. The zero-order valence-corrected chi connectivity index (χ0v) is 17.2. The SMILES string of the molecule is CCc1ccc2oc(-c3ccc(C)c(NC(=O)c4ccc(C)cc4C)c3)nc2c1. The Balaban J connectivity index is 1.66. The first-order valence-electron chi connectivity index (χ1n) is 9.83. The lowest BCUT2D eigenvalue weighted by Gasteiger charge is -2.11. The minimum absolute atomic E-state index is 0.118. The Hall–Kier alpha value is -3.40. The number of carbonyl (C=O) groups excluding carboxylic acids is 1. The topological polar surface area (TPSA) is 55.1 Å². The van der Waals surface area contributed by atoms with Crippen LogP contribution in [0.2, 0.25) is 0 Å². The van der Waals surface area contributed by atoms with E-state index in [1.54, 1.807) is 0 Å². The van der Waals surface area contributed by atoms with Gasteiger partial charge in [0.05, 0.1) is 0 Å². The Bertz CT molecular complexity index is 1220. The molecule has 0 radical (unpaired) electrons. The molecule has 0 aliphatic rings. The Labute approximate surface area is 170 Å². The van der Waals surface area contributed by atoms with E-state index < -0.39 is 0 Å². The van der Waals surface area contributed by atoms with Crippen molar-refractivity contribution < 1.29 is 9.21 Å². The number of nitrogens with zero attached hydrogens (tertiary/aromatic N) is 1. The lowest BCUT2D eigenvalue weighted by Crippen LogP contribution is -2.14. The van der Waals surface area contributed by atoms with Gasteiger partial charge >= 0.3 is 0 Å². The predicted octanol–water partition coefficient (Wildman–Crippen LogP) is 6.23. The second-order valence-electron chi connectivity index (χ2n) is 7.48. The molecule has 4 rings (SSSR count). The van der Waals surface area contributed by atoms with Crippen molar-refractivity contribution in [3.05, 3.63) is 82.4 Å². The van der Waals surface area contributed by atoms with Gasteiger partial charge in [-0.15, -0.1) is 0 Å². The van der Waals surface area contributed by atoms with Gasteiger partial charge in [0.1, 0.15) is 5.52 Å². The summed E-state index contributed by atoms with van der Waals surface area (Å²) in [7, 11) is 0. The van der Waals surface area contributed by atoms with E-state index in [0.717, 1.165) is 45.5 Å². The van der Waals surface area contributed by atoms with E-state index in [1.807, 2.05) is 63.2 Å². The third-order valence-electron chi connectivity index (χ3n) is 5.22. The molecule has 0 saturated carbocycles. The summed E-state index contributed by atoms with van der Waals surface area (Å²) in [5.74, 6) is 0.433. The van der Waals surface area contributed by atoms with E-state index in [9.17, 15) is 4.79 Å². The number of nitrogens with one attached hydrogen (secondary N) is 1. The van der Waals surface area contributed by atoms with E-state index in [2.05, 4.69) is 29.4 Å². The molecule has 29 heavy (non-hydrogen) atoms. The van der Waals surface area contributed by atoms with Crippen molar-refractivity contribution in [3.8, 4) is 11.5 Å². The number of rotatable bonds is 4. The number of oxazole rings is 1. The molecule has 4 aromatic rings. The van der Waals surface area contributed by atoms with Gasteiger partial charge in [0.25, 0.3) is 5.91 Å². The van der Waals surface area contributed by atoms with Crippen LogP contribution >= 0.6 is 0 Å². The average molecular weight is 384 g/mol. The van der Waals surface area contributed by atoms with E-state index in [0.29, 0.717) is 11.5 Å². The summed E-state index contributed by atoms with van der Waals surface area (Å²) in [6.07, 6.45) is 0.956. The summed E-state index contributed by atoms with van der Waals surface area (Å²) in [4.78, 5) is 17.5.